The maximum Gasteiger partial charge on any atom is 0.222 e. The summed E-state index contributed by atoms with van der Waals surface area (Å²) in [6, 6.07) is 12.7. The van der Waals surface area contributed by atoms with E-state index in [0.717, 1.165) is 35.4 Å². The van der Waals surface area contributed by atoms with Crippen molar-refractivity contribution in [1.29, 1.82) is 0 Å². The molecule has 0 saturated carbocycles. The van der Waals surface area contributed by atoms with E-state index in [-0.39, 0.29) is 12.0 Å². The number of rotatable bonds is 2. The number of pyridine rings is 1. The van der Waals surface area contributed by atoms with Crippen LogP contribution in [-0.4, -0.2) is 15.0 Å². The number of hydrogen-bond donors (Lipinski definition) is 2. The predicted molar refractivity (Wildman–Crippen MR) is 92.2 cm³/mol. The third-order valence-corrected chi connectivity index (χ3v) is 4.38. The number of anilines is 2. The van der Waals surface area contributed by atoms with Crippen LogP contribution in [-0.2, 0) is 6.42 Å². The molecular formula is C18H19N5. The van der Waals surface area contributed by atoms with Gasteiger partial charge in [-0.25, -0.2) is 9.97 Å². The van der Waals surface area contributed by atoms with Gasteiger partial charge in [0.2, 0.25) is 5.95 Å². The molecule has 1 atom stereocenters. The number of nitrogens with two attached hydrogens (primary N) is 1. The third kappa shape index (κ3) is 2.59. The fourth-order valence-electron chi connectivity index (χ4n) is 3.30. The van der Waals surface area contributed by atoms with E-state index in [1.165, 1.54) is 17.5 Å². The zero-order valence-corrected chi connectivity index (χ0v) is 13.1. The van der Waals surface area contributed by atoms with Gasteiger partial charge in [-0.1, -0.05) is 24.3 Å². The normalized spacial score (nSPS) is 17.0. The highest BCUT2D eigenvalue weighted by Crippen LogP contribution is 2.33. The summed E-state index contributed by atoms with van der Waals surface area (Å²) in [4.78, 5) is 13.3. The second-order valence-corrected chi connectivity index (χ2v) is 6.04. The molecule has 23 heavy (non-hydrogen) atoms. The second kappa shape index (κ2) is 5.50. The lowest BCUT2D eigenvalue weighted by Crippen LogP contribution is -2.18. The summed E-state index contributed by atoms with van der Waals surface area (Å²) >= 11 is 0. The number of nitrogens with one attached hydrogen (secondary N) is 1. The van der Waals surface area contributed by atoms with Gasteiger partial charge in [-0.15, -0.1) is 0 Å². The molecule has 0 fully saturated rings. The Kier molecular flexibility index (Phi) is 3.33. The zero-order valence-electron chi connectivity index (χ0n) is 13.1. The summed E-state index contributed by atoms with van der Waals surface area (Å²) in [6.07, 6.45) is 3.38. The highest BCUT2D eigenvalue weighted by molar-refractivity contribution is 5.86. The molecule has 1 aromatic carbocycles. The monoisotopic (exact) mass is 305 g/mol. The van der Waals surface area contributed by atoms with Crippen molar-refractivity contribution in [2.45, 2.75) is 32.2 Å². The molecule has 0 radical (unpaired) electrons. The summed E-state index contributed by atoms with van der Waals surface area (Å²) in [6.45, 7) is 1.97. The van der Waals surface area contributed by atoms with Crippen molar-refractivity contribution in [3.05, 3.63) is 53.2 Å². The van der Waals surface area contributed by atoms with E-state index >= 15 is 0 Å². The molecule has 1 aliphatic rings. The van der Waals surface area contributed by atoms with E-state index < -0.39 is 0 Å². The van der Waals surface area contributed by atoms with Crippen LogP contribution in [0.2, 0.25) is 0 Å². The van der Waals surface area contributed by atoms with E-state index in [9.17, 15) is 0 Å². The number of benzene rings is 1. The smallest absolute Gasteiger partial charge is 0.222 e. The Balaban J connectivity index is 1.78. The summed E-state index contributed by atoms with van der Waals surface area (Å²) in [5.74, 6) is 0.993. The van der Waals surface area contributed by atoms with Crippen molar-refractivity contribution >= 4 is 22.8 Å². The Morgan fingerprint density at radius 1 is 1.09 bits per heavy atom. The van der Waals surface area contributed by atoms with Crippen molar-refractivity contribution in [2.75, 3.05) is 11.1 Å². The van der Waals surface area contributed by atoms with Crippen molar-refractivity contribution in [1.82, 2.24) is 15.0 Å². The first-order valence-electron chi connectivity index (χ1n) is 7.96. The van der Waals surface area contributed by atoms with E-state index in [2.05, 4.69) is 44.5 Å². The fraction of sp³-hybridized carbons (Fsp3) is 0.278. The van der Waals surface area contributed by atoms with Gasteiger partial charge in [0.05, 0.1) is 11.6 Å². The van der Waals surface area contributed by atoms with Crippen LogP contribution in [0.5, 0.6) is 0 Å². The van der Waals surface area contributed by atoms with Crippen molar-refractivity contribution < 1.29 is 0 Å². The predicted octanol–water partition coefficient (Wildman–Crippen LogP) is 3.40. The first-order chi connectivity index (χ1) is 11.2. The average molecular weight is 305 g/mol. The number of nitrogen functional groups attached to an aromatic ring is 1. The molecule has 5 heteroatoms. The molecule has 5 nitrogen and oxygen atoms in total. The van der Waals surface area contributed by atoms with Crippen LogP contribution < -0.4 is 11.1 Å². The van der Waals surface area contributed by atoms with Crippen LogP contribution in [0.4, 0.5) is 11.8 Å². The topological polar surface area (TPSA) is 76.7 Å². The quantitative estimate of drug-likeness (QED) is 0.758. The van der Waals surface area contributed by atoms with Gasteiger partial charge in [0.1, 0.15) is 5.52 Å². The van der Waals surface area contributed by atoms with Crippen LogP contribution >= 0.6 is 0 Å². The lowest BCUT2D eigenvalue weighted by molar-refractivity contribution is 0.599. The maximum absolute atomic E-state index is 5.87. The minimum absolute atomic E-state index is 0.236. The number of aromatic nitrogens is 3. The van der Waals surface area contributed by atoms with Gasteiger partial charge < -0.3 is 11.1 Å². The van der Waals surface area contributed by atoms with Crippen LogP contribution in [0.1, 0.15) is 35.7 Å². The number of nitrogens with zero attached hydrogens (tertiary/aromatic N) is 3. The molecular weight excluding hydrogens is 286 g/mol. The average Bonchev–Trinajstić information content (AvgIpc) is 2.56. The van der Waals surface area contributed by atoms with Gasteiger partial charge in [0, 0.05) is 5.69 Å². The Labute approximate surface area is 135 Å². The highest BCUT2D eigenvalue weighted by atomic mass is 15.1. The van der Waals surface area contributed by atoms with Crippen molar-refractivity contribution in [2.24, 2.45) is 0 Å². The van der Waals surface area contributed by atoms with Crippen molar-refractivity contribution in [3.8, 4) is 0 Å². The fourth-order valence-corrected chi connectivity index (χ4v) is 3.30. The van der Waals surface area contributed by atoms with Gasteiger partial charge in [0.25, 0.3) is 0 Å². The molecule has 116 valence electrons. The molecule has 0 bridgehead atoms. The molecule has 2 heterocycles. The SMILES string of the molecule is Cc1ccc2nc(N)nc(NC3CCCc4ccccc43)c2n1. The third-order valence-electron chi connectivity index (χ3n) is 4.38. The van der Waals surface area contributed by atoms with Gasteiger partial charge in [0.15, 0.2) is 5.82 Å². The largest absolute Gasteiger partial charge is 0.368 e. The van der Waals surface area contributed by atoms with Gasteiger partial charge in [-0.2, -0.15) is 4.98 Å². The van der Waals surface area contributed by atoms with E-state index in [1.54, 1.807) is 0 Å². The first kappa shape index (κ1) is 13.9. The summed E-state index contributed by atoms with van der Waals surface area (Å²) < 4.78 is 0. The maximum atomic E-state index is 5.87. The van der Waals surface area contributed by atoms with Gasteiger partial charge in [-0.05, 0) is 49.4 Å². The summed E-state index contributed by atoms with van der Waals surface area (Å²) in [7, 11) is 0. The molecule has 0 spiro atoms. The second-order valence-electron chi connectivity index (χ2n) is 6.04. The molecule has 4 rings (SSSR count). The van der Waals surface area contributed by atoms with Crippen LogP contribution in [0.15, 0.2) is 36.4 Å². The molecule has 1 unspecified atom stereocenters. The van der Waals surface area contributed by atoms with Crippen molar-refractivity contribution in [3.63, 3.8) is 0 Å². The zero-order chi connectivity index (χ0) is 15.8. The minimum atomic E-state index is 0.236. The Bertz CT molecular complexity index is 874. The molecule has 2 aromatic heterocycles. The van der Waals surface area contributed by atoms with E-state index in [1.807, 2.05) is 19.1 Å². The van der Waals surface area contributed by atoms with Crippen LogP contribution in [0.25, 0.3) is 11.0 Å². The molecule has 3 N–H and O–H groups in total. The molecule has 3 aromatic rings. The molecule has 1 aliphatic carbocycles. The molecule has 0 aliphatic heterocycles. The highest BCUT2D eigenvalue weighted by Gasteiger charge is 2.21. The lowest BCUT2D eigenvalue weighted by atomic mass is 9.88. The minimum Gasteiger partial charge on any atom is -0.368 e. The Morgan fingerprint density at radius 3 is 2.87 bits per heavy atom. The van der Waals surface area contributed by atoms with E-state index in [4.69, 9.17) is 5.73 Å². The number of aryl methyl sites for hydroxylation is 2. The van der Waals surface area contributed by atoms with Gasteiger partial charge >= 0.3 is 0 Å². The van der Waals surface area contributed by atoms with E-state index in [0.29, 0.717) is 0 Å². The standard InChI is InChI=1S/C18H19N5/c1-11-9-10-15-16(20-11)17(23-18(19)22-15)21-14-8-4-6-12-5-2-3-7-13(12)14/h2-3,5,7,9-10,14H,4,6,8H2,1H3,(H3,19,21,22,23). The molecule has 0 saturated heterocycles. The Hall–Kier alpha value is -2.69. The Morgan fingerprint density at radius 2 is 1.96 bits per heavy atom. The van der Waals surface area contributed by atoms with Gasteiger partial charge in [-0.3, -0.25) is 0 Å². The number of fused-ring (bicyclic) bond motifs is 2. The summed E-state index contributed by atoms with van der Waals surface area (Å²) in [5.41, 5.74) is 11.1. The molecule has 0 amide bonds. The first-order valence-corrected chi connectivity index (χ1v) is 7.96. The van der Waals surface area contributed by atoms with Crippen LogP contribution in [0.3, 0.4) is 0 Å². The lowest BCUT2D eigenvalue weighted by Gasteiger charge is -2.27. The summed E-state index contributed by atoms with van der Waals surface area (Å²) in [5, 5.41) is 3.55. The number of hydrogen-bond acceptors (Lipinski definition) is 5. The van der Waals surface area contributed by atoms with Crippen LogP contribution in [0, 0.1) is 6.92 Å².